The second-order valence-electron chi connectivity index (χ2n) is 6.75. The number of aliphatic hydroxyl groups is 1. The Kier molecular flexibility index (Phi) is 5.80. The highest BCUT2D eigenvalue weighted by Gasteiger charge is 2.38. The van der Waals surface area contributed by atoms with E-state index < -0.39 is 5.60 Å². The molecule has 3 rings (SSSR count). The average Bonchev–Trinajstić information content (AvgIpc) is 3.18. The van der Waals surface area contributed by atoms with Crippen LogP contribution in [0.2, 0.25) is 0 Å². The lowest BCUT2D eigenvalue weighted by molar-refractivity contribution is 0.0954. The van der Waals surface area contributed by atoms with Gasteiger partial charge in [-0.15, -0.1) is 0 Å². The summed E-state index contributed by atoms with van der Waals surface area (Å²) in [5.41, 5.74) is 0.782. The van der Waals surface area contributed by atoms with Crippen LogP contribution in [0.3, 0.4) is 0 Å². The van der Waals surface area contributed by atoms with Crippen molar-refractivity contribution in [3.63, 3.8) is 0 Å². The number of benzene rings is 1. The molecule has 0 radical (unpaired) electrons. The maximum atomic E-state index is 9.59. The van der Waals surface area contributed by atoms with Gasteiger partial charge in [-0.25, -0.2) is 0 Å². The molecule has 0 aliphatic carbocycles. The Bertz CT molecular complexity index is 1080. The van der Waals surface area contributed by atoms with E-state index in [2.05, 4.69) is 6.07 Å². The molecule has 0 aromatic heterocycles. The van der Waals surface area contributed by atoms with Gasteiger partial charge in [-0.05, 0) is 32.1 Å². The van der Waals surface area contributed by atoms with Gasteiger partial charge in [0.2, 0.25) is 0 Å². The number of anilines is 1. The van der Waals surface area contributed by atoms with Gasteiger partial charge in [0.15, 0.2) is 11.3 Å². The summed E-state index contributed by atoms with van der Waals surface area (Å²) in [4.78, 5) is 3.15. The lowest BCUT2D eigenvalue weighted by Crippen LogP contribution is -2.21. The molecular formula is C22H18N4O2S. The van der Waals surface area contributed by atoms with E-state index in [0.29, 0.717) is 12.1 Å². The lowest BCUT2D eigenvalue weighted by Gasteiger charge is -2.20. The summed E-state index contributed by atoms with van der Waals surface area (Å²) in [6, 6.07) is 13.6. The number of nitrogens with zero attached hydrogens (tertiary/aromatic N) is 4. The zero-order chi connectivity index (χ0) is 21.0. The summed E-state index contributed by atoms with van der Waals surface area (Å²) in [6.07, 6.45) is 5.50. The number of para-hydroxylation sites is 1. The molecule has 0 saturated carbocycles. The first kappa shape index (κ1) is 20.3. The molecule has 7 heteroatoms. The van der Waals surface area contributed by atoms with Gasteiger partial charge in [0, 0.05) is 17.0 Å². The van der Waals surface area contributed by atoms with E-state index in [1.807, 2.05) is 41.3 Å². The summed E-state index contributed by atoms with van der Waals surface area (Å²) in [7, 11) is 0. The SMILES string of the molecule is CC1(C)OC(=C(C#N)C#N)C(C#N)=C1/C=C/C=C1\Sc2ccccc2N1CCO. The van der Waals surface area contributed by atoms with Gasteiger partial charge in [0.1, 0.15) is 29.4 Å². The van der Waals surface area contributed by atoms with Crippen molar-refractivity contribution >= 4 is 17.4 Å². The minimum absolute atomic E-state index is 0.0272. The molecule has 1 N–H and O–H groups in total. The van der Waals surface area contributed by atoms with Crippen LogP contribution in [0.5, 0.6) is 0 Å². The van der Waals surface area contributed by atoms with Crippen molar-refractivity contribution in [2.24, 2.45) is 0 Å². The first-order chi connectivity index (χ1) is 14.0. The largest absolute Gasteiger partial charge is 0.480 e. The Labute approximate surface area is 173 Å². The van der Waals surface area contributed by atoms with E-state index in [0.717, 1.165) is 15.6 Å². The second-order valence-corrected chi connectivity index (χ2v) is 7.81. The molecule has 0 bridgehead atoms. The number of β-amino-alcohol motifs (C(OH)–C–C–N with tert-alkyl or cyclic N) is 1. The molecule has 29 heavy (non-hydrogen) atoms. The topological polar surface area (TPSA) is 104 Å². The highest BCUT2D eigenvalue weighted by molar-refractivity contribution is 8.03. The zero-order valence-electron chi connectivity index (χ0n) is 16.0. The van der Waals surface area contributed by atoms with E-state index in [9.17, 15) is 10.4 Å². The van der Waals surface area contributed by atoms with Crippen LogP contribution in [0.1, 0.15) is 13.8 Å². The van der Waals surface area contributed by atoms with Gasteiger partial charge >= 0.3 is 0 Å². The zero-order valence-corrected chi connectivity index (χ0v) is 16.8. The maximum Gasteiger partial charge on any atom is 0.172 e. The van der Waals surface area contributed by atoms with Gasteiger partial charge in [0.05, 0.1) is 17.3 Å². The number of fused-ring (bicyclic) bond motifs is 1. The van der Waals surface area contributed by atoms with Crippen molar-refractivity contribution in [3.05, 3.63) is 70.0 Å². The number of rotatable bonds is 4. The maximum absolute atomic E-state index is 9.59. The number of hydrogen-bond acceptors (Lipinski definition) is 7. The summed E-state index contributed by atoms with van der Waals surface area (Å²) >= 11 is 1.60. The van der Waals surface area contributed by atoms with Crippen LogP contribution in [-0.2, 0) is 4.74 Å². The Morgan fingerprint density at radius 2 is 1.97 bits per heavy atom. The van der Waals surface area contributed by atoms with Crippen molar-refractivity contribution in [3.8, 4) is 18.2 Å². The highest BCUT2D eigenvalue weighted by atomic mass is 32.2. The fourth-order valence-corrected chi connectivity index (χ4v) is 4.32. The van der Waals surface area contributed by atoms with Crippen LogP contribution < -0.4 is 4.90 Å². The van der Waals surface area contributed by atoms with Crippen molar-refractivity contribution < 1.29 is 9.84 Å². The number of allylic oxidation sites excluding steroid dienone is 4. The van der Waals surface area contributed by atoms with Crippen LogP contribution in [0.25, 0.3) is 0 Å². The summed E-state index contributed by atoms with van der Waals surface area (Å²) in [5, 5.41) is 38.2. The molecule has 2 heterocycles. The molecule has 2 aliphatic rings. The van der Waals surface area contributed by atoms with Crippen molar-refractivity contribution in [2.75, 3.05) is 18.1 Å². The van der Waals surface area contributed by atoms with Gasteiger partial charge < -0.3 is 14.7 Å². The Morgan fingerprint density at radius 1 is 1.24 bits per heavy atom. The summed E-state index contributed by atoms with van der Waals surface area (Å²) < 4.78 is 5.76. The molecule has 0 atom stereocenters. The predicted molar refractivity (Wildman–Crippen MR) is 110 cm³/mol. The normalized spacial score (nSPS) is 18.4. The van der Waals surface area contributed by atoms with Crippen molar-refractivity contribution in [1.29, 1.82) is 15.8 Å². The van der Waals surface area contributed by atoms with E-state index in [1.165, 1.54) is 0 Å². The van der Waals surface area contributed by atoms with Crippen LogP contribution in [0.15, 0.2) is 74.9 Å². The van der Waals surface area contributed by atoms with Gasteiger partial charge in [0.25, 0.3) is 0 Å². The summed E-state index contributed by atoms with van der Waals surface area (Å²) in [5.74, 6) is 0.0272. The molecule has 0 fully saturated rings. The third-order valence-corrected chi connectivity index (χ3v) is 5.66. The Balaban J connectivity index is 1.98. The molecule has 1 aromatic rings. The van der Waals surface area contributed by atoms with Crippen molar-refractivity contribution in [1.82, 2.24) is 0 Å². The standard InChI is InChI=1S/C22H18N4O2S/c1-22(2)17(16(14-25)21(28-22)15(12-23)13-24)6-5-9-20-26(10-11-27)18-7-3-4-8-19(18)29-20/h3-9,27H,10-11H2,1-2H3/b6-5+,20-9-. The van der Waals surface area contributed by atoms with E-state index in [-0.39, 0.29) is 23.5 Å². The third kappa shape index (κ3) is 3.77. The quantitative estimate of drug-likeness (QED) is 0.761. The smallest absolute Gasteiger partial charge is 0.172 e. The lowest BCUT2D eigenvalue weighted by atomic mass is 9.95. The molecular weight excluding hydrogens is 384 g/mol. The number of ether oxygens (including phenoxy) is 1. The molecule has 1 aromatic carbocycles. The van der Waals surface area contributed by atoms with E-state index >= 15 is 0 Å². The molecule has 6 nitrogen and oxygen atoms in total. The van der Waals surface area contributed by atoms with Crippen LogP contribution in [0.4, 0.5) is 5.69 Å². The van der Waals surface area contributed by atoms with Gasteiger partial charge in [-0.1, -0.05) is 36.0 Å². The van der Waals surface area contributed by atoms with Crippen LogP contribution >= 0.6 is 11.8 Å². The fraction of sp³-hybridized carbons (Fsp3) is 0.227. The van der Waals surface area contributed by atoms with E-state index in [1.54, 1.807) is 43.8 Å². The number of thioether (sulfide) groups is 1. The second kappa shape index (κ2) is 8.29. The molecule has 0 saturated heterocycles. The van der Waals surface area contributed by atoms with Crippen LogP contribution in [-0.4, -0.2) is 23.9 Å². The molecule has 0 amide bonds. The third-order valence-electron chi connectivity index (χ3n) is 4.53. The minimum atomic E-state index is -0.842. The van der Waals surface area contributed by atoms with Crippen LogP contribution in [0, 0.1) is 34.0 Å². The molecule has 0 unspecified atom stereocenters. The first-order valence-corrected chi connectivity index (χ1v) is 9.70. The molecule has 0 spiro atoms. The monoisotopic (exact) mass is 402 g/mol. The number of aliphatic hydroxyl groups excluding tert-OH is 1. The number of nitriles is 3. The molecule has 144 valence electrons. The fourth-order valence-electron chi connectivity index (χ4n) is 3.22. The van der Waals surface area contributed by atoms with Gasteiger partial charge in [-0.2, -0.15) is 15.8 Å². The Morgan fingerprint density at radius 3 is 2.62 bits per heavy atom. The molecule has 2 aliphatic heterocycles. The van der Waals surface area contributed by atoms with E-state index in [4.69, 9.17) is 15.3 Å². The highest BCUT2D eigenvalue weighted by Crippen LogP contribution is 2.45. The average molecular weight is 402 g/mol. The minimum Gasteiger partial charge on any atom is -0.480 e. The summed E-state index contributed by atoms with van der Waals surface area (Å²) in [6.45, 7) is 4.08. The Hall–Kier alpha value is -3.44. The van der Waals surface area contributed by atoms with Gasteiger partial charge in [-0.3, -0.25) is 0 Å². The predicted octanol–water partition coefficient (Wildman–Crippen LogP) is 3.92. The number of hydrogen-bond donors (Lipinski definition) is 1. The first-order valence-electron chi connectivity index (χ1n) is 8.89. The van der Waals surface area contributed by atoms with Crippen molar-refractivity contribution in [2.45, 2.75) is 24.3 Å².